The van der Waals surface area contributed by atoms with Crippen LogP contribution in [-0.2, 0) is 0 Å². The molecule has 2 nitrogen and oxygen atoms in total. The van der Waals surface area contributed by atoms with E-state index in [1.807, 2.05) is 0 Å². The van der Waals surface area contributed by atoms with Gasteiger partial charge in [-0.05, 0) is 50.4 Å². The summed E-state index contributed by atoms with van der Waals surface area (Å²) in [6, 6.07) is 9.71. The summed E-state index contributed by atoms with van der Waals surface area (Å²) in [4.78, 5) is 2.57. The predicted octanol–water partition coefficient (Wildman–Crippen LogP) is 3.60. The third-order valence-corrected chi connectivity index (χ3v) is 4.36. The van der Waals surface area contributed by atoms with Crippen molar-refractivity contribution in [1.82, 2.24) is 4.90 Å². The largest absolute Gasteiger partial charge is 0.330 e. The summed E-state index contributed by atoms with van der Waals surface area (Å²) in [6.45, 7) is 6.54. The second kappa shape index (κ2) is 6.90. The minimum Gasteiger partial charge on any atom is -0.330 e. The van der Waals surface area contributed by atoms with E-state index >= 15 is 0 Å². The molecule has 3 atom stereocenters. The molecule has 1 aromatic carbocycles. The van der Waals surface area contributed by atoms with Crippen molar-refractivity contribution in [1.29, 1.82) is 0 Å². The van der Waals surface area contributed by atoms with Crippen LogP contribution in [0, 0.1) is 5.92 Å². The lowest BCUT2D eigenvalue weighted by Crippen LogP contribution is -2.30. The lowest BCUT2D eigenvalue weighted by atomic mass is 10.1. The molecule has 1 heterocycles. The van der Waals surface area contributed by atoms with Gasteiger partial charge in [0.1, 0.15) is 0 Å². The molecule has 3 unspecified atom stereocenters. The highest BCUT2D eigenvalue weighted by Crippen LogP contribution is 2.32. The van der Waals surface area contributed by atoms with Crippen LogP contribution in [0.3, 0.4) is 0 Å². The number of hydrogen-bond acceptors (Lipinski definition) is 2. The van der Waals surface area contributed by atoms with Gasteiger partial charge in [-0.2, -0.15) is 0 Å². The third kappa shape index (κ3) is 3.47. The fourth-order valence-electron chi connectivity index (χ4n) is 2.84. The van der Waals surface area contributed by atoms with Crippen LogP contribution < -0.4 is 5.73 Å². The third-order valence-electron chi connectivity index (χ3n) is 3.87. The molecule has 102 valence electrons. The topological polar surface area (TPSA) is 29.3 Å². The number of rotatable bonds is 3. The molecule has 1 fully saturated rings. The Labute approximate surface area is 124 Å². The normalized spacial score (nSPS) is 25.8. The van der Waals surface area contributed by atoms with Crippen LogP contribution in [-0.4, -0.2) is 24.0 Å². The van der Waals surface area contributed by atoms with Crippen LogP contribution in [0.15, 0.2) is 28.7 Å². The number of nitrogens with zero attached hydrogens (tertiary/aromatic N) is 1. The molecule has 0 spiro atoms. The highest BCUT2D eigenvalue weighted by atomic mass is 79.9. The molecule has 4 heteroatoms. The van der Waals surface area contributed by atoms with E-state index in [1.165, 1.54) is 12.0 Å². The van der Waals surface area contributed by atoms with Gasteiger partial charge in [0.25, 0.3) is 0 Å². The molecule has 0 saturated carbocycles. The smallest absolute Gasteiger partial charge is 0.0323 e. The molecule has 0 amide bonds. The maximum absolute atomic E-state index is 5.79. The van der Waals surface area contributed by atoms with Gasteiger partial charge >= 0.3 is 0 Å². The molecule has 1 aromatic rings. The van der Waals surface area contributed by atoms with Crippen molar-refractivity contribution in [2.24, 2.45) is 11.7 Å². The Bertz CT molecular complexity index is 386. The maximum Gasteiger partial charge on any atom is 0.0323 e. The number of halogens is 2. The molecule has 1 aliphatic heterocycles. The van der Waals surface area contributed by atoms with Gasteiger partial charge in [-0.3, -0.25) is 4.90 Å². The van der Waals surface area contributed by atoms with Crippen LogP contribution >= 0.6 is 28.3 Å². The zero-order chi connectivity index (χ0) is 12.4. The van der Waals surface area contributed by atoms with Gasteiger partial charge in [0.2, 0.25) is 0 Å². The summed E-state index contributed by atoms with van der Waals surface area (Å²) in [5.41, 5.74) is 7.17. The lowest BCUT2D eigenvalue weighted by Gasteiger charge is -2.29. The van der Waals surface area contributed by atoms with Gasteiger partial charge < -0.3 is 5.73 Å². The van der Waals surface area contributed by atoms with Crippen molar-refractivity contribution in [3.8, 4) is 0 Å². The van der Waals surface area contributed by atoms with Crippen LogP contribution in [0.2, 0.25) is 0 Å². The van der Waals surface area contributed by atoms with Gasteiger partial charge in [0.15, 0.2) is 0 Å². The van der Waals surface area contributed by atoms with Gasteiger partial charge in [-0.1, -0.05) is 28.1 Å². The summed E-state index contributed by atoms with van der Waals surface area (Å²) in [5, 5.41) is 0. The Balaban J connectivity index is 0.00000162. The SMILES string of the molecule is CC1CC(CN)CN1C(C)c1cccc(Br)c1.Cl. The van der Waals surface area contributed by atoms with Crippen molar-refractivity contribution in [2.75, 3.05) is 13.1 Å². The van der Waals surface area contributed by atoms with Crippen LogP contribution in [0.4, 0.5) is 0 Å². The molecule has 0 radical (unpaired) electrons. The van der Waals surface area contributed by atoms with Crippen molar-refractivity contribution in [2.45, 2.75) is 32.4 Å². The first-order chi connectivity index (χ1) is 8.11. The van der Waals surface area contributed by atoms with Gasteiger partial charge in [-0.15, -0.1) is 12.4 Å². The average Bonchev–Trinajstić information content (AvgIpc) is 2.69. The summed E-state index contributed by atoms with van der Waals surface area (Å²) < 4.78 is 1.16. The number of benzene rings is 1. The van der Waals surface area contributed by atoms with E-state index in [-0.39, 0.29) is 12.4 Å². The molecule has 2 N–H and O–H groups in total. The molecule has 2 rings (SSSR count). The highest BCUT2D eigenvalue weighted by Gasteiger charge is 2.31. The summed E-state index contributed by atoms with van der Waals surface area (Å²) >= 11 is 3.54. The second-order valence-electron chi connectivity index (χ2n) is 5.11. The minimum absolute atomic E-state index is 0. The fourth-order valence-corrected chi connectivity index (χ4v) is 3.26. The van der Waals surface area contributed by atoms with E-state index in [0.29, 0.717) is 18.0 Å². The maximum atomic E-state index is 5.79. The monoisotopic (exact) mass is 332 g/mol. The molecule has 0 bridgehead atoms. The minimum atomic E-state index is 0. The van der Waals surface area contributed by atoms with Crippen molar-refractivity contribution < 1.29 is 0 Å². The molecule has 18 heavy (non-hydrogen) atoms. The Hall–Kier alpha value is -0.0900. The number of likely N-dealkylation sites (tertiary alicyclic amines) is 1. The van der Waals surface area contributed by atoms with E-state index in [1.54, 1.807) is 0 Å². The Morgan fingerprint density at radius 2 is 2.22 bits per heavy atom. The van der Waals surface area contributed by atoms with E-state index < -0.39 is 0 Å². The lowest BCUT2D eigenvalue weighted by molar-refractivity contribution is 0.200. The highest BCUT2D eigenvalue weighted by molar-refractivity contribution is 9.10. The Morgan fingerprint density at radius 3 is 2.78 bits per heavy atom. The molecule has 1 aliphatic rings. The van der Waals surface area contributed by atoms with Crippen LogP contribution in [0.25, 0.3) is 0 Å². The zero-order valence-corrected chi connectivity index (χ0v) is 13.4. The molecular weight excluding hydrogens is 312 g/mol. The average molecular weight is 334 g/mol. The fraction of sp³-hybridized carbons (Fsp3) is 0.571. The zero-order valence-electron chi connectivity index (χ0n) is 11.0. The van der Waals surface area contributed by atoms with E-state index in [9.17, 15) is 0 Å². The molecule has 1 saturated heterocycles. The Kier molecular flexibility index (Phi) is 6.12. The number of hydrogen-bond donors (Lipinski definition) is 1. The summed E-state index contributed by atoms with van der Waals surface area (Å²) in [6.07, 6.45) is 1.23. The van der Waals surface area contributed by atoms with Gasteiger partial charge in [0.05, 0.1) is 0 Å². The number of nitrogens with two attached hydrogens (primary N) is 1. The molecule has 0 aliphatic carbocycles. The van der Waals surface area contributed by atoms with Crippen LogP contribution in [0.5, 0.6) is 0 Å². The van der Waals surface area contributed by atoms with Crippen molar-refractivity contribution >= 4 is 28.3 Å². The first-order valence-electron chi connectivity index (χ1n) is 6.33. The van der Waals surface area contributed by atoms with Crippen molar-refractivity contribution in [3.63, 3.8) is 0 Å². The first kappa shape index (κ1) is 16.0. The summed E-state index contributed by atoms with van der Waals surface area (Å²) in [5.74, 6) is 0.666. The molecular formula is C14H22BrClN2. The van der Waals surface area contributed by atoms with E-state index in [4.69, 9.17) is 5.73 Å². The van der Waals surface area contributed by atoms with Gasteiger partial charge in [-0.25, -0.2) is 0 Å². The Morgan fingerprint density at radius 1 is 1.50 bits per heavy atom. The predicted molar refractivity (Wildman–Crippen MR) is 83.1 cm³/mol. The summed E-state index contributed by atoms with van der Waals surface area (Å²) in [7, 11) is 0. The standard InChI is InChI=1S/C14H21BrN2.ClH/c1-10-6-12(8-16)9-17(10)11(2)13-4-3-5-14(15)7-13;/h3-5,7,10-12H,6,8-9,16H2,1-2H3;1H. The van der Waals surface area contributed by atoms with Crippen molar-refractivity contribution in [3.05, 3.63) is 34.3 Å². The van der Waals surface area contributed by atoms with Crippen LogP contribution in [0.1, 0.15) is 31.9 Å². The van der Waals surface area contributed by atoms with Gasteiger partial charge in [0, 0.05) is 23.1 Å². The molecule has 0 aromatic heterocycles. The quantitative estimate of drug-likeness (QED) is 0.915. The van der Waals surface area contributed by atoms with E-state index in [2.05, 4.69) is 58.9 Å². The van der Waals surface area contributed by atoms with E-state index in [0.717, 1.165) is 17.6 Å². The first-order valence-corrected chi connectivity index (χ1v) is 7.12. The second-order valence-corrected chi connectivity index (χ2v) is 6.03.